The number of hydrogen-bond donors (Lipinski definition) is 0. The molecule has 1 rings (SSSR count). The van der Waals surface area contributed by atoms with Crippen LogP contribution in [0, 0.1) is 24.6 Å². The van der Waals surface area contributed by atoms with E-state index in [-0.39, 0.29) is 12.2 Å². The van der Waals surface area contributed by atoms with Crippen LogP contribution in [0.3, 0.4) is 0 Å². The fourth-order valence-corrected chi connectivity index (χ4v) is 0.818. The maximum absolute atomic E-state index is 13.0. The highest BCUT2D eigenvalue weighted by atomic mass is 19.1. The molecule has 0 aliphatic carbocycles. The van der Waals surface area contributed by atoms with E-state index in [1.165, 1.54) is 6.07 Å². The van der Waals surface area contributed by atoms with Gasteiger partial charge in [-0.2, -0.15) is 0 Å². The van der Waals surface area contributed by atoms with Crippen molar-refractivity contribution in [3.05, 3.63) is 39.8 Å². The molecule has 5 heteroatoms. The van der Waals surface area contributed by atoms with Gasteiger partial charge in [0.05, 0.1) is 6.54 Å². The molecule has 1 aromatic rings. The Labute approximate surface area is 80.4 Å². The predicted octanol–water partition coefficient (Wildman–Crippen LogP) is 2.19. The lowest BCUT2D eigenvalue weighted by Crippen LogP contribution is -1.91. The van der Waals surface area contributed by atoms with Crippen molar-refractivity contribution in [3.8, 4) is 11.8 Å². The zero-order chi connectivity index (χ0) is 10.4. The minimum atomic E-state index is -0.468. The molecule has 0 saturated heterocycles. The van der Waals surface area contributed by atoms with E-state index in [0.29, 0.717) is 5.69 Å². The molecular weight excluding hydrogens is 183 g/mol. The third-order valence-corrected chi connectivity index (χ3v) is 1.41. The van der Waals surface area contributed by atoms with Crippen molar-refractivity contribution < 1.29 is 4.39 Å². The van der Waals surface area contributed by atoms with Crippen LogP contribution < -0.4 is 0 Å². The lowest BCUT2D eigenvalue weighted by Gasteiger charge is -1.94. The Kier molecular flexibility index (Phi) is 3.48. The van der Waals surface area contributed by atoms with E-state index < -0.39 is 5.82 Å². The van der Waals surface area contributed by atoms with Gasteiger partial charge in [-0.05, 0) is 30.5 Å². The van der Waals surface area contributed by atoms with Crippen LogP contribution in [0.15, 0.2) is 17.2 Å². The van der Waals surface area contributed by atoms with Crippen molar-refractivity contribution in [1.29, 1.82) is 0 Å². The van der Waals surface area contributed by atoms with Crippen molar-refractivity contribution in [1.82, 2.24) is 4.98 Å². The Morgan fingerprint density at radius 3 is 3.14 bits per heavy atom. The van der Waals surface area contributed by atoms with E-state index >= 15 is 0 Å². The smallest absolute Gasteiger partial charge is 0.157 e. The van der Waals surface area contributed by atoms with Crippen molar-refractivity contribution in [2.75, 3.05) is 6.54 Å². The van der Waals surface area contributed by atoms with Crippen LogP contribution in [0.2, 0.25) is 0 Å². The first-order valence-electron chi connectivity index (χ1n) is 3.87. The van der Waals surface area contributed by atoms with Gasteiger partial charge >= 0.3 is 0 Å². The Bertz CT molecular complexity index is 438. The van der Waals surface area contributed by atoms with Crippen LogP contribution in [0.4, 0.5) is 4.39 Å². The molecule has 0 radical (unpaired) electrons. The van der Waals surface area contributed by atoms with Crippen LogP contribution in [0.1, 0.15) is 11.4 Å². The number of aryl methyl sites for hydroxylation is 1. The summed E-state index contributed by atoms with van der Waals surface area (Å²) in [7, 11) is 0. The van der Waals surface area contributed by atoms with E-state index in [4.69, 9.17) is 5.53 Å². The summed E-state index contributed by atoms with van der Waals surface area (Å²) in [5, 5.41) is 3.20. The maximum atomic E-state index is 13.0. The van der Waals surface area contributed by atoms with Crippen LogP contribution in [0.25, 0.3) is 10.4 Å². The Morgan fingerprint density at radius 2 is 2.43 bits per heavy atom. The van der Waals surface area contributed by atoms with Gasteiger partial charge in [-0.25, -0.2) is 9.37 Å². The standard InChI is InChI=1S/C9H7FN4/c1-7-4-5-8(10)9(13-7)3-2-6-12-14-11/h4-5H,6H2,1H3. The van der Waals surface area contributed by atoms with E-state index in [0.717, 1.165) is 0 Å². The number of pyridine rings is 1. The first kappa shape index (κ1) is 10.0. The minimum absolute atomic E-state index is 0.0194. The number of halogens is 1. The second-order valence-electron chi connectivity index (χ2n) is 2.47. The first-order valence-corrected chi connectivity index (χ1v) is 3.87. The molecule has 4 nitrogen and oxygen atoms in total. The summed E-state index contributed by atoms with van der Waals surface area (Å²) in [4.78, 5) is 6.40. The number of rotatable bonds is 1. The molecule has 0 atom stereocenters. The highest BCUT2D eigenvalue weighted by Gasteiger charge is 1.98. The van der Waals surface area contributed by atoms with Gasteiger partial charge in [-0.1, -0.05) is 11.0 Å². The topological polar surface area (TPSA) is 61.7 Å². The summed E-state index contributed by atoms with van der Waals surface area (Å²) >= 11 is 0. The summed E-state index contributed by atoms with van der Waals surface area (Å²) in [6.45, 7) is 1.77. The SMILES string of the molecule is Cc1ccc(F)c(C#CCN=[N+]=[N-])n1. The fraction of sp³-hybridized carbons (Fsp3) is 0.222. The summed E-state index contributed by atoms with van der Waals surface area (Å²) in [6.07, 6.45) is 0. The molecule has 0 aliphatic rings. The van der Waals surface area contributed by atoms with Crippen molar-refractivity contribution >= 4 is 0 Å². The van der Waals surface area contributed by atoms with Crippen LogP contribution in [-0.2, 0) is 0 Å². The molecule has 0 saturated carbocycles. The lowest BCUT2D eigenvalue weighted by molar-refractivity contribution is 0.616. The normalized spacial score (nSPS) is 8.43. The third-order valence-electron chi connectivity index (χ3n) is 1.41. The third kappa shape index (κ3) is 2.77. The monoisotopic (exact) mass is 190 g/mol. The molecule has 0 aromatic carbocycles. The van der Waals surface area contributed by atoms with Gasteiger partial charge in [-0.3, -0.25) is 0 Å². The van der Waals surface area contributed by atoms with Crippen molar-refractivity contribution in [2.24, 2.45) is 5.11 Å². The molecule has 0 N–H and O–H groups in total. The van der Waals surface area contributed by atoms with Crippen LogP contribution >= 0.6 is 0 Å². The zero-order valence-corrected chi connectivity index (χ0v) is 7.53. The summed E-state index contributed by atoms with van der Waals surface area (Å²) in [5.74, 6) is 4.52. The van der Waals surface area contributed by atoms with Gasteiger partial charge in [0.25, 0.3) is 0 Å². The van der Waals surface area contributed by atoms with Crippen molar-refractivity contribution in [2.45, 2.75) is 6.92 Å². The Morgan fingerprint density at radius 1 is 1.64 bits per heavy atom. The van der Waals surface area contributed by atoms with E-state index in [1.54, 1.807) is 13.0 Å². The van der Waals surface area contributed by atoms with E-state index in [1.807, 2.05) is 0 Å². The molecule has 1 heterocycles. The fourth-order valence-electron chi connectivity index (χ4n) is 0.818. The number of nitrogens with zero attached hydrogens (tertiary/aromatic N) is 4. The summed E-state index contributed by atoms with van der Waals surface area (Å²) in [6, 6.07) is 2.87. The van der Waals surface area contributed by atoms with Gasteiger partial charge in [0.1, 0.15) is 5.69 Å². The highest BCUT2D eigenvalue weighted by Crippen LogP contribution is 2.03. The predicted molar refractivity (Wildman–Crippen MR) is 49.8 cm³/mol. The quantitative estimate of drug-likeness (QED) is 0.290. The van der Waals surface area contributed by atoms with Gasteiger partial charge in [0.15, 0.2) is 5.82 Å². The highest BCUT2D eigenvalue weighted by molar-refractivity contribution is 5.30. The average Bonchev–Trinajstić information content (AvgIpc) is 2.18. The summed E-state index contributed by atoms with van der Waals surface area (Å²) < 4.78 is 13.0. The van der Waals surface area contributed by atoms with E-state index in [9.17, 15) is 4.39 Å². The van der Waals surface area contributed by atoms with Crippen molar-refractivity contribution in [3.63, 3.8) is 0 Å². The molecule has 1 aromatic heterocycles. The molecule has 0 unspecified atom stereocenters. The second kappa shape index (κ2) is 4.85. The lowest BCUT2D eigenvalue weighted by atomic mass is 10.3. The van der Waals surface area contributed by atoms with Gasteiger partial charge in [-0.15, -0.1) is 0 Å². The van der Waals surface area contributed by atoms with Gasteiger partial charge < -0.3 is 0 Å². The van der Waals surface area contributed by atoms with Crippen LogP contribution in [0.5, 0.6) is 0 Å². The number of azide groups is 1. The maximum Gasteiger partial charge on any atom is 0.157 e. The summed E-state index contributed by atoms with van der Waals surface area (Å²) in [5.41, 5.74) is 8.74. The first-order chi connectivity index (χ1) is 6.74. The van der Waals surface area contributed by atoms with Gasteiger partial charge in [0.2, 0.25) is 0 Å². The molecule has 0 bridgehead atoms. The van der Waals surface area contributed by atoms with Crippen LogP contribution in [-0.4, -0.2) is 11.5 Å². The largest absolute Gasteiger partial charge is 0.242 e. The molecule has 0 amide bonds. The van der Waals surface area contributed by atoms with Gasteiger partial charge in [0, 0.05) is 10.6 Å². The number of aromatic nitrogens is 1. The molecule has 0 fully saturated rings. The average molecular weight is 190 g/mol. The molecule has 0 aliphatic heterocycles. The minimum Gasteiger partial charge on any atom is -0.242 e. The number of hydrogen-bond acceptors (Lipinski definition) is 2. The van der Waals surface area contributed by atoms with E-state index in [2.05, 4.69) is 26.9 Å². The molecular formula is C9H7FN4. The second-order valence-corrected chi connectivity index (χ2v) is 2.47. The molecule has 14 heavy (non-hydrogen) atoms. The molecule has 70 valence electrons. The Balaban J connectivity index is 2.88. The molecule has 0 spiro atoms. The zero-order valence-electron chi connectivity index (χ0n) is 7.53. The Hall–Kier alpha value is -2.05.